The molecule has 0 amide bonds. The van der Waals surface area contributed by atoms with Crippen molar-refractivity contribution in [3.8, 4) is 0 Å². The van der Waals surface area contributed by atoms with Crippen LogP contribution in [0.3, 0.4) is 0 Å². The van der Waals surface area contributed by atoms with Crippen molar-refractivity contribution in [1.82, 2.24) is 0 Å². The van der Waals surface area contributed by atoms with Gasteiger partial charge in [0.1, 0.15) is 13.2 Å². The lowest BCUT2D eigenvalue weighted by Gasteiger charge is -1.88. The Morgan fingerprint density at radius 3 is 1.70 bits per heavy atom. The topological polar surface area (TPSA) is 43.2 Å². The highest BCUT2D eigenvalue weighted by molar-refractivity contribution is 6.15. The summed E-state index contributed by atoms with van der Waals surface area (Å²) in [5.74, 6) is 0. The van der Waals surface area contributed by atoms with Gasteiger partial charge in [0, 0.05) is 0 Å². The van der Waals surface area contributed by atoms with Crippen molar-refractivity contribution in [2.24, 2.45) is 10.3 Å². The van der Waals surface area contributed by atoms with Gasteiger partial charge >= 0.3 is 0 Å². The molecule has 0 aliphatic heterocycles. The Bertz CT molecular complexity index is 98.3. The van der Waals surface area contributed by atoms with E-state index in [1.165, 1.54) is 12.4 Å². The van der Waals surface area contributed by atoms with Gasteiger partial charge in [-0.2, -0.15) is 0 Å². The minimum Gasteiger partial charge on any atom is -0.396 e. The minimum absolute atomic E-state index is 0.568. The summed E-state index contributed by atoms with van der Waals surface area (Å²) in [7, 11) is 0. The van der Waals surface area contributed by atoms with Crippen molar-refractivity contribution in [2.75, 3.05) is 13.2 Å². The van der Waals surface area contributed by atoms with E-state index in [2.05, 4.69) is 20.0 Å². The molecule has 10 heavy (non-hydrogen) atoms. The van der Waals surface area contributed by atoms with E-state index in [1.807, 2.05) is 13.8 Å². The van der Waals surface area contributed by atoms with Crippen LogP contribution in [0.2, 0.25) is 0 Å². The first-order valence-corrected chi connectivity index (χ1v) is 3.21. The molecule has 0 rings (SSSR count). The van der Waals surface area contributed by atoms with Crippen LogP contribution in [0.1, 0.15) is 13.8 Å². The molecule has 0 unspecified atom stereocenters. The fraction of sp³-hybridized carbons (Fsp3) is 0.667. The van der Waals surface area contributed by atoms with Gasteiger partial charge in [-0.1, -0.05) is 10.3 Å². The zero-order chi connectivity index (χ0) is 7.66. The maximum absolute atomic E-state index is 4.64. The van der Waals surface area contributed by atoms with Gasteiger partial charge in [-0.25, -0.2) is 0 Å². The van der Waals surface area contributed by atoms with Gasteiger partial charge in [-0.05, 0) is 13.8 Å². The summed E-state index contributed by atoms with van der Waals surface area (Å²) in [5.41, 5.74) is 0. The minimum atomic E-state index is 0.568. The van der Waals surface area contributed by atoms with E-state index in [4.69, 9.17) is 0 Å². The Morgan fingerprint density at radius 1 is 1.00 bits per heavy atom. The molecule has 58 valence electrons. The largest absolute Gasteiger partial charge is 0.396 e. The van der Waals surface area contributed by atoms with Gasteiger partial charge in [0.25, 0.3) is 0 Å². The third kappa shape index (κ3) is 6.94. The maximum atomic E-state index is 4.64. The van der Waals surface area contributed by atoms with E-state index < -0.39 is 0 Å². The summed E-state index contributed by atoms with van der Waals surface area (Å²) in [6.45, 7) is 4.85. The zero-order valence-electron chi connectivity index (χ0n) is 6.28. The number of hydrogen-bond donors (Lipinski definition) is 0. The Hall–Kier alpha value is -1.06. The summed E-state index contributed by atoms with van der Waals surface area (Å²) >= 11 is 0. The normalized spacial score (nSPS) is 11.0. The quantitative estimate of drug-likeness (QED) is 0.427. The van der Waals surface area contributed by atoms with Crippen LogP contribution in [0.5, 0.6) is 0 Å². The smallest absolute Gasteiger partial charge is 0.114 e. The molecule has 0 aromatic rings. The van der Waals surface area contributed by atoms with Crippen LogP contribution in [-0.4, -0.2) is 25.6 Å². The number of hydrogen-bond acceptors (Lipinski definition) is 4. The predicted molar refractivity (Wildman–Crippen MR) is 40.2 cm³/mol. The lowest BCUT2D eigenvalue weighted by atomic mass is 10.8. The third-order valence-corrected chi connectivity index (χ3v) is 0.596. The van der Waals surface area contributed by atoms with Gasteiger partial charge < -0.3 is 9.68 Å². The van der Waals surface area contributed by atoms with Crippen molar-refractivity contribution >= 4 is 12.4 Å². The van der Waals surface area contributed by atoms with Crippen LogP contribution in [0.4, 0.5) is 0 Å². The van der Waals surface area contributed by atoms with Crippen LogP contribution in [0, 0.1) is 0 Å². The molecule has 0 atom stereocenters. The van der Waals surface area contributed by atoms with Crippen LogP contribution in [-0.2, 0) is 9.68 Å². The molecule has 0 bridgehead atoms. The molecule has 0 aromatic heterocycles. The molecule has 0 N–H and O–H groups in total. The van der Waals surface area contributed by atoms with Crippen molar-refractivity contribution in [3.05, 3.63) is 0 Å². The molecule has 0 aromatic carbocycles. The maximum Gasteiger partial charge on any atom is 0.114 e. The van der Waals surface area contributed by atoms with Gasteiger partial charge in [-0.15, -0.1) is 0 Å². The molecule has 4 nitrogen and oxygen atoms in total. The van der Waals surface area contributed by atoms with E-state index in [0.29, 0.717) is 13.2 Å². The van der Waals surface area contributed by atoms with Crippen molar-refractivity contribution < 1.29 is 9.68 Å². The fourth-order valence-corrected chi connectivity index (χ4v) is 0.290. The number of rotatable bonds is 5. The molecule has 0 spiro atoms. The molecular formula is C6H12N2O2. The Kier molecular flexibility index (Phi) is 7.10. The molecule has 0 aliphatic carbocycles. The number of nitrogens with zero attached hydrogens (tertiary/aromatic N) is 2. The lowest BCUT2D eigenvalue weighted by molar-refractivity contribution is 0.157. The van der Waals surface area contributed by atoms with Crippen LogP contribution in [0.15, 0.2) is 10.3 Å². The van der Waals surface area contributed by atoms with Crippen molar-refractivity contribution in [1.29, 1.82) is 0 Å². The van der Waals surface area contributed by atoms with E-state index >= 15 is 0 Å². The number of oxime groups is 2. The Morgan fingerprint density at radius 2 is 1.40 bits per heavy atom. The molecule has 0 heterocycles. The third-order valence-electron chi connectivity index (χ3n) is 0.596. The molecule has 0 saturated heterocycles. The average molecular weight is 144 g/mol. The standard InChI is InChI=1S/C6H12N2O2/c1-3-9-7-5-6-8-10-4-2/h5-6H,3-4H2,1-2H3/b7-5+,8-6+. The van der Waals surface area contributed by atoms with E-state index in [-0.39, 0.29) is 0 Å². The first kappa shape index (κ1) is 8.94. The summed E-state index contributed by atoms with van der Waals surface area (Å²) in [4.78, 5) is 9.27. The first-order valence-electron chi connectivity index (χ1n) is 3.21. The molecule has 4 heteroatoms. The fourth-order valence-electron chi connectivity index (χ4n) is 0.290. The highest BCUT2D eigenvalue weighted by Gasteiger charge is 1.69. The molecule has 0 radical (unpaired) electrons. The highest BCUT2D eigenvalue weighted by Crippen LogP contribution is 1.71. The molecule has 0 aliphatic rings. The predicted octanol–water partition coefficient (Wildman–Crippen LogP) is 1.03. The van der Waals surface area contributed by atoms with Gasteiger partial charge in [0.05, 0.1) is 12.4 Å². The summed E-state index contributed by atoms with van der Waals surface area (Å²) in [5, 5.41) is 7.01. The van der Waals surface area contributed by atoms with Crippen molar-refractivity contribution in [2.45, 2.75) is 13.8 Å². The average Bonchev–Trinajstić information content (AvgIpc) is 1.97. The second-order valence-electron chi connectivity index (χ2n) is 1.34. The second-order valence-corrected chi connectivity index (χ2v) is 1.34. The van der Waals surface area contributed by atoms with Gasteiger partial charge in [-0.3, -0.25) is 0 Å². The molecule has 0 saturated carbocycles. The van der Waals surface area contributed by atoms with E-state index in [0.717, 1.165) is 0 Å². The SMILES string of the molecule is CCO/N=C/C=N/OCC. The zero-order valence-corrected chi connectivity index (χ0v) is 6.28. The molecular weight excluding hydrogens is 132 g/mol. The Balaban J connectivity index is 3.15. The Labute approximate surface area is 60.5 Å². The van der Waals surface area contributed by atoms with E-state index in [1.54, 1.807) is 0 Å². The van der Waals surface area contributed by atoms with Crippen LogP contribution < -0.4 is 0 Å². The van der Waals surface area contributed by atoms with Crippen molar-refractivity contribution in [3.63, 3.8) is 0 Å². The van der Waals surface area contributed by atoms with Crippen LogP contribution >= 0.6 is 0 Å². The van der Waals surface area contributed by atoms with E-state index in [9.17, 15) is 0 Å². The lowest BCUT2D eigenvalue weighted by Crippen LogP contribution is -1.84. The van der Waals surface area contributed by atoms with Crippen LogP contribution in [0.25, 0.3) is 0 Å². The molecule has 0 fully saturated rings. The first-order chi connectivity index (χ1) is 4.91. The van der Waals surface area contributed by atoms with Gasteiger partial charge in [0.15, 0.2) is 0 Å². The summed E-state index contributed by atoms with van der Waals surface area (Å²) in [6.07, 6.45) is 2.86. The second kappa shape index (κ2) is 7.94. The monoisotopic (exact) mass is 144 g/mol. The highest BCUT2D eigenvalue weighted by atomic mass is 16.6. The van der Waals surface area contributed by atoms with Gasteiger partial charge in [0.2, 0.25) is 0 Å². The summed E-state index contributed by atoms with van der Waals surface area (Å²) in [6, 6.07) is 0. The summed E-state index contributed by atoms with van der Waals surface area (Å²) < 4.78 is 0.